The van der Waals surface area contributed by atoms with Crippen LogP contribution in [0.15, 0.2) is 36.5 Å². The molecule has 0 bridgehead atoms. The Morgan fingerprint density at radius 2 is 2.04 bits per heavy atom. The van der Waals surface area contributed by atoms with E-state index in [1.807, 2.05) is 24.3 Å². The fraction of sp³-hybridized carbons (Fsp3) is 0.444. The second-order valence-corrected chi connectivity index (χ2v) is 6.43. The first-order chi connectivity index (χ1) is 11.7. The molecule has 1 fully saturated rings. The van der Waals surface area contributed by atoms with Crippen LogP contribution in [0, 0.1) is 0 Å². The number of hydrogen-bond donors (Lipinski definition) is 2. The molecular weight excluding hydrogens is 306 g/mol. The van der Waals surface area contributed by atoms with E-state index in [0.29, 0.717) is 25.3 Å². The van der Waals surface area contributed by atoms with E-state index in [1.54, 1.807) is 16.9 Å². The van der Waals surface area contributed by atoms with Crippen LogP contribution in [0.2, 0.25) is 0 Å². The number of benzene rings is 1. The van der Waals surface area contributed by atoms with Gasteiger partial charge in [0.1, 0.15) is 5.69 Å². The highest BCUT2D eigenvalue weighted by molar-refractivity contribution is 5.92. The molecule has 1 aliphatic heterocycles. The first-order valence-corrected chi connectivity index (χ1v) is 8.42. The number of nitrogens with zero attached hydrogens (tertiary/aromatic N) is 2. The molecule has 1 aliphatic carbocycles. The van der Waals surface area contributed by atoms with E-state index < -0.39 is 6.10 Å². The van der Waals surface area contributed by atoms with Crippen molar-refractivity contribution in [3.8, 4) is 0 Å². The van der Waals surface area contributed by atoms with Crippen LogP contribution in [-0.4, -0.2) is 40.0 Å². The molecule has 2 N–H and O–H groups in total. The molecule has 24 heavy (non-hydrogen) atoms. The number of hydrogen-bond acceptors (Lipinski definition) is 4. The molecule has 1 saturated heterocycles. The number of aliphatic hydroxyl groups excluding tert-OH is 1. The van der Waals surface area contributed by atoms with Gasteiger partial charge in [-0.1, -0.05) is 24.3 Å². The van der Waals surface area contributed by atoms with Crippen LogP contribution in [0.3, 0.4) is 0 Å². The van der Waals surface area contributed by atoms with Crippen molar-refractivity contribution >= 4 is 5.91 Å². The van der Waals surface area contributed by atoms with Crippen LogP contribution in [0.4, 0.5) is 0 Å². The zero-order valence-electron chi connectivity index (χ0n) is 13.4. The Morgan fingerprint density at radius 1 is 1.25 bits per heavy atom. The lowest BCUT2D eigenvalue weighted by atomic mass is 10.1. The summed E-state index contributed by atoms with van der Waals surface area (Å²) in [6, 6.07) is 9.41. The third-order valence-corrected chi connectivity index (χ3v) is 4.95. The SMILES string of the molecule is O=C(N[C@H]1Cc2ccccc2[C@@H]1O)c1ccnn1C1CCOCC1. The smallest absolute Gasteiger partial charge is 0.269 e. The zero-order chi connectivity index (χ0) is 16.5. The summed E-state index contributed by atoms with van der Waals surface area (Å²) in [7, 11) is 0. The Kier molecular flexibility index (Phi) is 4.08. The highest BCUT2D eigenvalue weighted by Crippen LogP contribution is 2.31. The van der Waals surface area contributed by atoms with Crippen LogP contribution < -0.4 is 5.32 Å². The fourth-order valence-corrected chi connectivity index (χ4v) is 3.66. The molecule has 0 radical (unpaired) electrons. The van der Waals surface area contributed by atoms with E-state index in [2.05, 4.69) is 10.4 Å². The van der Waals surface area contributed by atoms with Crippen LogP contribution in [-0.2, 0) is 11.2 Å². The summed E-state index contributed by atoms with van der Waals surface area (Å²) in [4.78, 5) is 12.7. The lowest BCUT2D eigenvalue weighted by molar-refractivity contribution is 0.0634. The molecule has 2 heterocycles. The molecule has 1 aromatic heterocycles. The Labute approximate surface area is 140 Å². The summed E-state index contributed by atoms with van der Waals surface area (Å²) in [5.74, 6) is -0.184. The van der Waals surface area contributed by atoms with Gasteiger partial charge in [0.15, 0.2) is 0 Å². The largest absolute Gasteiger partial charge is 0.386 e. The molecule has 4 rings (SSSR count). The molecule has 6 nitrogen and oxygen atoms in total. The van der Waals surface area contributed by atoms with Crippen molar-refractivity contribution < 1.29 is 14.6 Å². The maximum atomic E-state index is 12.7. The Morgan fingerprint density at radius 3 is 2.83 bits per heavy atom. The van der Waals surface area contributed by atoms with Gasteiger partial charge in [-0.2, -0.15) is 5.10 Å². The molecule has 0 saturated carbocycles. The summed E-state index contributed by atoms with van der Waals surface area (Å²) in [5.41, 5.74) is 2.54. The molecule has 1 amide bonds. The van der Waals surface area contributed by atoms with Gasteiger partial charge in [0.05, 0.1) is 18.2 Å². The second kappa shape index (κ2) is 6.37. The summed E-state index contributed by atoms with van der Waals surface area (Å²) < 4.78 is 7.18. The van der Waals surface area contributed by atoms with Gasteiger partial charge in [-0.3, -0.25) is 9.48 Å². The van der Waals surface area contributed by atoms with Gasteiger partial charge in [-0.05, 0) is 36.5 Å². The van der Waals surface area contributed by atoms with Crippen molar-refractivity contribution in [1.82, 2.24) is 15.1 Å². The second-order valence-electron chi connectivity index (χ2n) is 6.43. The molecule has 126 valence electrons. The number of carbonyl (C=O) groups is 1. The van der Waals surface area contributed by atoms with Crippen molar-refractivity contribution in [2.45, 2.75) is 37.5 Å². The predicted octanol–water partition coefficient (Wildman–Crippen LogP) is 1.62. The van der Waals surface area contributed by atoms with Crippen molar-refractivity contribution in [2.75, 3.05) is 13.2 Å². The molecule has 2 aliphatic rings. The molecule has 0 unspecified atom stereocenters. The lowest BCUT2D eigenvalue weighted by Crippen LogP contribution is -2.39. The maximum Gasteiger partial charge on any atom is 0.269 e. The number of ether oxygens (including phenoxy) is 1. The molecule has 1 aromatic carbocycles. The molecule has 2 aromatic rings. The van der Waals surface area contributed by atoms with Crippen molar-refractivity contribution in [3.05, 3.63) is 53.3 Å². The number of nitrogens with one attached hydrogen (secondary N) is 1. The van der Waals surface area contributed by atoms with E-state index in [0.717, 1.165) is 24.0 Å². The van der Waals surface area contributed by atoms with Gasteiger partial charge in [-0.15, -0.1) is 0 Å². The van der Waals surface area contributed by atoms with Gasteiger partial charge in [-0.25, -0.2) is 0 Å². The average molecular weight is 327 g/mol. The average Bonchev–Trinajstić information content (AvgIpc) is 3.22. The minimum absolute atomic E-state index is 0.184. The fourth-order valence-electron chi connectivity index (χ4n) is 3.66. The number of fused-ring (bicyclic) bond motifs is 1. The number of rotatable bonds is 3. The van der Waals surface area contributed by atoms with Crippen molar-refractivity contribution in [3.63, 3.8) is 0 Å². The van der Waals surface area contributed by atoms with E-state index in [-0.39, 0.29) is 18.0 Å². The molecule has 2 atom stereocenters. The maximum absolute atomic E-state index is 12.7. The minimum Gasteiger partial charge on any atom is -0.386 e. The number of amides is 1. The van der Waals surface area contributed by atoms with Gasteiger partial charge in [0.2, 0.25) is 0 Å². The Balaban J connectivity index is 1.49. The number of aromatic nitrogens is 2. The van der Waals surface area contributed by atoms with Crippen molar-refractivity contribution in [1.29, 1.82) is 0 Å². The highest BCUT2D eigenvalue weighted by Gasteiger charge is 2.32. The first-order valence-electron chi connectivity index (χ1n) is 8.42. The van der Waals surface area contributed by atoms with E-state index in [1.165, 1.54) is 0 Å². The van der Waals surface area contributed by atoms with Gasteiger partial charge in [0.25, 0.3) is 5.91 Å². The van der Waals surface area contributed by atoms with Crippen LogP contribution in [0.1, 0.15) is 46.6 Å². The topological polar surface area (TPSA) is 76.4 Å². The van der Waals surface area contributed by atoms with Crippen molar-refractivity contribution in [2.24, 2.45) is 0 Å². The molecular formula is C18H21N3O3. The number of carbonyl (C=O) groups excluding carboxylic acids is 1. The van der Waals surface area contributed by atoms with Crippen LogP contribution in [0.25, 0.3) is 0 Å². The summed E-state index contributed by atoms with van der Waals surface area (Å²) >= 11 is 0. The zero-order valence-corrected chi connectivity index (χ0v) is 13.4. The van der Waals surface area contributed by atoms with Crippen LogP contribution in [0.5, 0.6) is 0 Å². The Hall–Kier alpha value is -2.18. The lowest BCUT2D eigenvalue weighted by Gasteiger charge is -2.24. The van der Waals surface area contributed by atoms with Gasteiger partial charge < -0.3 is 15.2 Å². The Bertz CT molecular complexity index is 737. The summed E-state index contributed by atoms with van der Waals surface area (Å²) in [6.45, 7) is 1.39. The third kappa shape index (κ3) is 2.72. The van der Waals surface area contributed by atoms with E-state index in [4.69, 9.17) is 4.74 Å². The normalized spacial score (nSPS) is 23.9. The van der Waals surface area contributed by atoms with E-state index >= 15 is 0 Å². The predicted molar refractivity (Wildman–Crippen MR) is 87.7 cm³/mol. The number of aliphatic hydroxyl groups is 1. The third-order valence-electron chi connectivity index (χ3n) is 4.95. The summed E-state index contributed by atoms with van der Waals surface area (Å²) in [6.07, 6.45) is 3.36. The molecule has 0 spiro atoms. The molecule has 6 heteroatoms. The first kappa shape index (κ1) is 15.4. The van der Waals surface area contributed by atoms with E-state index in [9.17, 15) is 9.90 Å². The van der Waals surface area contributed by atoms with Gasteiger partial charge in [0, 0.05) is 19.4 Å². The standard InChI is InChI=1S/C18H21N3O3/c22-17-14-4-2-1-3-12(14)11-15(17)20-18(23)16-5-8-19-21(16)13-6-9-24-10-7-13/h1-5,8,13,15,17,22H,6-7,9-11H2,(H,20,23)/t15-,17-/m0/s1. The minimum atomic E-state index is -0.662. The quantitative estimate of drug-likeness (QED) is 0.898. The monoisotopic (exact) mass is 327 g/mol. The van der Waals surface area contributed by atoms with Crippen LogP contribution >= 0.6 is 0 Å². The highest BCUT2D eigenvalue weighted by atomic mass is 16.5. The van der Waals surface area contributed by atoms with Gasteiger partial charge >= 0.3 is 0 Å². The summed E-state index contributed by atoms with van der Waals surface area (Å²) in [5, 5.41) is 17.8.